The van der Waals surface area contributed by atoms with Gasteiger partial charge >= 0.3 is 5.97 Å². The van der Waals surface area contributed by atoms with E-state index in [1.807, 2.05) is 36.4 Å². The van der Waals surface area contributed by atoms with Crippen LogP contribution in [0.15, 0.2) is 42.5 Å². The lowest BCUT2D eigenvalue weighted by Crippen LogP contribution is -2.36. The molecule has 0 aromatic heterocycles. The van der Waals surface area contributed by atoms with Crippen molar-refractivity contribution in [3.05, 3.63) is 48.0 Å². The first-order chi connectivity index (χ1) is 10.2. The Morgan fingerprint density at radius 3 is 2.24 bits per heavy atom. The Labute approximate surface area is 126 Å². The first-order valence-electron chi connectivity index (χ1n) is 7.53. The number of rotatable bonds is 6. The van der Waals surface area contributed by atoms with E-state index in [1.165, 1.54) is 0 Å². The smallest absolute Gasteiger partial charge is 0.305 e. The molecule has 0 unspecified atom stereocenters. The van der Waals surface area contributed by atoms with Gasteiger partial charge in [-0.15, -0.1) is 0 Å². The highest BCUT2D eigenvalue weighted by Crippen LogP contribution is 2.24. The SMILES string of the molecule is CC[Si](CC)(CC)OOC(=O)c1cccc2ccccc12. The number of benzene rings is 2. The summed E-state index contributed by atoms with van der Waals surface area (Å²) in [6, 6.07) is 16.3. The van der Waals surface area contributed by atoms with Gasteiger partial charge in [0, 0.05) is 0 Å². The highest BCUT2D eigenvalue weighted by molar-refractivity contribution is 6.73. The Balaban J connectivity index is 2.20. The minimum absolute atomic E-state index is 0.404. The van der Waals surface area contributed by atoms with E-state index < -0.39 is 14.3 Å². The zero-order chi connectivity index (χ0) is 15.3. The van der Waals surface area contributed by atoms with Gasteiger partial charge in [-0.3, -0.25) is 0 Å². The molecule has 0 saturated heterocycles. The molecule has 0 aliphatic carbocycles. The van der Waals surface area contributed by atoms with Gasteiger partial charge < -0.3 is 4.89 Å². The number of carbonyl (C=O) groups excluding carboxylic acids is 1. The highest BCUT2D eigenvalue weighted by Gasteiger charge is 2.32. The fourth-order valence-electron chi connectivity index (χ4n) is 2.50. The fraction of sp³-hybridized carbons (Fsp3) is 0.353. The first-order valence-corrected chi connectivity index (χ1v) is 10.1. The molecule has 2 aromatic carbocycles. The molecule has 0 N–H and O–H groups in total. The molecule has 0 heterocycles. The van der Waals surface area contributed by atoms with Crippen LogP contribution in [0.2, 0.25) is 18.1 Å². The minimum Gasteiger partial charge on any atom is -0.305 e. The van der Waals surface area contributed by atoms with Crippen LogP contribution in [0.3, 0.4) is 0 Å². The van der Waals surface area contributed by atoms with Gasteiger partial charge in [-0.25, -0.2) is 9.37 Å². The van der Waals surface area contributed by atoms with Gasteiger partial charge in [0.25, 0.3) is 8.32 Å². The third-order valence-corrected chi connectivity index (χ3v) is 8.54. The molecule has 0 radical (unpaired) electrons. The summed E-state index contributed by atoms with van der Waals surface area (Å²) in [7, 11) is -1.92. The van der Waals surface area contributed by atoms with E-state index in [-0.39, 0.29) is 0 Å². The third-order valence-electron chi connectivity index (χ3n) is 4.24. The molecule has 0 atom stereocenters. The summed E-state index contributed by atoms with van der Waals surface area (Å²) in [5.74, 6) is -0.404. The van der Waals surface area contributed by atoms with E-state index in [0.29, 0.717) is 5.56 Å². The van der Waals surface area contributed by atoms with Crippen molar-refractivity contribution in [1.82, 2.24) is 0 Å². The quantitative estimate of drug-likeness (QED) is 0.431. The zero-order valence-electron chi connectivity index (χ0n) is 12.9. The van der Waals surface area contributed by atoms with Crippen LogP contribution in [0.1, 0.15) is 31.1 Å². The normalized spacial score (nSPS) is 11.6. The molecular formula is C17H22O3Si. The molecule has 0 fully saturated rings. The van der Waals surface area contributed by atoms with Crippen LogP contribution in [-0.2, 0) is 9.46 Å². The van der Waals surface area contributed by atoms with Gasteiger partial charge in [0.05, 0.1) is 5.56 Å². The van der Waals surface area contributed by atoms with Crippen molar-refractivity contribution in [3.63, 3.8) is 0 Å². The Bertz CT molecular complexity index is 607. The predicted octanol–water partition coefficient (Wildman–Crippen LogP) is 4.93. The monoisotopic (exact) mass is 302 g/mol. The molecule has 0 aliphatic rings. The van der Waals surface area contributed by atoms with Crippen LogP contribution in [0, 0.1) is 0 Å². The van der Waals surface area contributed by atoms with E-state index in [9.17, 15) is 4.79 Å². The molecule has 2 aromatic rings. The van der Waals surface area contributed by atoms with Crippen molar-refractivity contribution in [2.24, 2.45) is 0 Å². The molecule has 21 heavy (non-hydrogen) atoms. The first kappa shape index (κ1) is 15.7. The van der Waals surface area contributed by atoms with Gasteiger partial charge in [-0.05, 0) is 35.0 Å². The van der Waals surface area contributed by atoms with Crippen molar-refractivity contribution >= 4 is 25.1 Å². The van der Waals surface area contributed by atoms with E-state index in [2.05, 4.69) is 20.8 Å². The van der Waals surface area contributed by atoms with Crippen molar-refractivity contribution < 1.29 is 14.3 Å². The third kappa shape index (κ3) is 3.33. The maximum atomic E-state index is 12.3. The van der Waals surface area contributed by atoms with Crippen molar-refractivity contribution in [2.75, 3.05) is 0 Å². The van der Waals surface area contributed by atoms with Crippen molar-refractivity contribution in [1.29, 1.82) is 0 Å². The molecule has 3 nitrogen and oxygen atoms in total. The fourth-order valence-corrected chi connectivity index (χ4v) is 4.61. The molecule has 0 amide bonds. The van der Waals surface area contributed by atoms with Gasteiger partial charge in [-0.2, -0.15) is 0 Å². The van der Waals surface area contributed by atoms with Gasteiger partial charge in [0.1, 0.15) is 0 Å². The van der Waals surface area contributed by atoms with Crippen LogP contribution in [0.25, 0.3) is 10.8 Å². The van der Waals surface area contributed by atoms with Crippen LogP contribution < -0.4 is 0 Å². The Hall–Kier alpha value is -1.65. The largest absolute Gasteiger partial charge is 0.372 e. The highest BCUT2D eigenvalue weighted by atomic mass is 28.4. The lowest BCUT2D eigenvalue weighted by Gasteiger charge is -2.25. The summed E-state index contributed by atoms with van der Waals surface area (Å²) in [6.07, 6.45) is 0. The van der Waals surface area contributed by atoms with Gasteiger partial charge in [0.2, 0.25) is 0 Å². The molecule has 2 rings (SSSR count). The summed E-state index contributed by atoms with van der Waals surface area (Å²) < 4.78 is 5.63. The lowest BCUT2D eigenvalue weighted by molar-refractivity contribution is -0.162. The van der Waals surface area contributed by atoms with E-state index in [0.717, 1.165) is 28.9 Å². The average Bonchev–Trinajstić information content (AvgIpc) is 2.56. The summed E-state index contributed by atoms with van der Waals surface area (Å²) in [4.78, 5) is 17.5. The second-order valence-electron chi connectivity index (χ2n) is 5.22. The molecule has 0 aliphatic heterocycles. The maximum absolute atomic E-state index is 12.3. The van der Waals surface area contributed by atoms with Crippen LogP contribution in [0.5, 0.6) is 0 Å². The Morgan fingerprint density at radius 1 is 0.952 bits per heavy atom. The standard InChI is InChI=1S/C17H22O3Si/c1-4-21(5-2,6-3)20-19-17(18)16-13-9-11-14-10-7-8-12-15(14)16/h7-13H,4-6H2,1-3H3. The Morgan fingerprint density at radius 2 is 1.57 bits per heavy atom. The predicted molar refractivity (Wildman–Crippen MR) is 87.6 cm³/mol. The molecule has 0 spiro atoms. The maximum Gasteiger partial charge on any atom is 0.372 e. The number of fused-ring (bicyclic) bond motifs is 1. The average molecular weight is 302 g/mol. The van der Waals surface area contributed by atoms with Crippen molar-refractivity contribution in [3.8, 4) is 0 Å². The molecule has 112 valence electrons. The molecule has 4 heteroatoms. The topological polar surface area (TPSA) is 35.5 Å². The second kappa shape index (κ2) is 6.87. The molecule has 0 saturated carbocycles. The lowest BCUT2D eigenvalue weighted by atomic mass is 10.1. The van der Waals surface area contributed by atoms with Gasteiger partial charge in [0.15, 0.2) is 0 Å². The number of carbonyl (C=O) groups is 1. The van der Waals surface area contributed by atoms with E-state index in [4.69, 9.17) is 9.46 Å². The zero-order valence-corrected chi connectivity index (χ0v) is 13.9. The van der Waals surface area contributed by atoms with Crippen LogP contribution in [0.4, 0.5) is 0 Å². The summed E-state index contributed by atoms with van der Waals surface area (Å²) in [6.45, 7) is 6.31. The van der Waals surface area contributed by atoms with Crippen LogP contribution >= 0.6 is 0 Å². The second-order valence-corrected chi connectivity index (χ2v) is 9.88. The van der Waals surface area contributed by atoms with E-state index >= 15 is 0 Å². The molecule has 0 bridgehead atoms. The summed E-state index contributed by atoms with van der Waals surface area (Å²) >= 11 is 0. The van der Waals surface area contributed by atoms with Crippen LogP contribution in [-0.4, -0.2) is 14.3 Å². The summed E-state index contributed by atoms with van der Waals surface area (Å²) in [5.41, 5.74) is 0.555. The Kier molecular flexibility index (Phi) is 5.15. The summed E-state index contributed by atoms with van der Waals surface area (Å²) in [5, 5.41) is 1.92. The van der Waals surface area contributed by atoms with E-state index in [1.54, 1.807) is 6.07 Å². The number of hydrogen-bond acceptors (Lipinski definition) is 3. The van der Waals surface area contributed by atoms with Crippen molar-refractivity contribution in [2.45, 2.75) is 38.9 Å². The minimum atomic E-state index is -1.92. The number of hydrogen-bond donors (Lipinski definition) is 0. The molecular weight excluding hydrogens is 280 g/mol. The van der Waals surface area contributed by atoms with Gasteiger partial charge in [-0.1, -0.05) is 57.2 Å².